The maximum absolute atomic E-state index is 14.0. The van der Waals surface area contributed by atoms with E-state index in [0.29, 0.717) is 34.3 Å². The molecule has 0 unspecified atom stereocenters. The highest BCUT2D eigenvalue weighted by Crippen LogP contribution is 2.27. The van der Waals surface area contributed by atoms with E-state index in [1.807, 2.05) is 19.9 Å². The van der Waals surface area contributed by atoms with E-state index < -0.39 is 28.5 Å². The van der Waals surface area contributed by atoms with Gasteiger partial charge in [-0.25, -0.2) is 8.42 Å². The second-order valence-electron chi connectivity index (χ2n) is 9.25. The maximum Gasteiger partial charge on any atom is 0.264 e. The van der Waals surface area contributed by atoms with Crippen LogP contribution in [0, 0.1) is 13.8 Å². The van der Waals surface area contributed by atoms with Crippen LogP contribution >= 0.6 is 23.2 Å². The summed E-state index contributed by atoms with van der Waals surface area (Å²) in [6, 6.07) is 17.6. The van der Waals surface area contributed by atoms with Crippen molar-refractivity contribution in [3.8, 4) is 0 Å². The van der Waals surface area contributed by atoms with E-state index in [1.165, 1.54) is 17.0 Å². The van der Waals surface area contributed by atoms with Crippen molar-refractivity contribution in [3.05, 3.63) is 93.5 Å². The van der Waals surface area contributed by atoms with Crippen LogP contribution < -0.4 is 9.62 Å². The van der Waals surface area contributed by atoms with E-state index in [1.54, 1.807) is 62.4 Å². The molecular formula is C29H33Cl2N3O4S. The summed E-state index contributed by atoms with van der Waals surface area (Å²) in [7, 11) is -4.12. The van der Waals surface area contributed by atoms with Gasteiger partial charge < -0.3 is 10.2 Å². The summed E-state index contributed by atoms with van der Waals surface area (Å²) in [5, 5.41) is 3.46. The van der Waals surface area contributed by atoms with Gasteiger partial charge in [0.25, 0.3) is 10.0 Å². The van der Waals surface area contributed by atoms with Gasteiger partial charge in [-0.3, -0.25) is 13.9 Å². The number of amides is 2. The molecule has 0 aromatic heterocycles. The first-order chi connectivity index (χ1) is 18.5. The van der Waals surface area contributed by atoms with Crippen LogP contribution in [-0.4, -0.2) is 44.3 Å². The molecule has 0 aliphatic rings. The monoisotopic (exact) mass is 589 g/mol. The maximum atomic E-state index is 14.0. The summed E-state index contributed by atoms with van der Waals surface area (Å²) in [5.41, 5.74) is 2.76. The number of hydrogen-bond donors (Lipinski definition) is 1. The Kier molecular flexibility index (Phi) is 10.4. The van der Waals surface area contributed by atoms with Crippen molar-refractivity contribution < 1.29 is 18.0 Å². The molecule has 2 amide bonds. The molecule has 0 saturated carbocycles. The Morgan fingerprint density at radius 3 is 2.18 bits per heavy atom. The highest BCUT2D eigenvalue weighted by Gasteiger charge is 2.33. The van der Waals surface area contributed by atoms with Gasteiger partial charge in [-0.1, -0.05) is 66.0 Å². The molecule has 0 bridgehead atoms. The van der Waals surface area contributed by atoms with Crippen molar-refractivity contribution in [2.45, 2.75) is 51.6 Å². The number of aryl methyl sites for hydroxylation is 2. The molecule has 1 N–H and O–H groups in total. The molecule has 3 aromatic rings. The van der Waals surface area contributed by atoms with Gasteiger partial charge in [0, 0.05) is 13.1 Å². The van der Waals surface area contributed by atoms with Gasteiger partial charge in [0.05, 0.1) is 20.6 Å². The van der Waals surface area contributed by atoms with Crippen LogP contribution in [0.3, 0.4) is 0 Å². The Hall–Kier alpha value is -3.07. The summed E-state index contributed by atoms with van der Waals surface area (Å²) < 4.78 is 28.8. The Balaban J connectivity index is 2.07. The van der Waals surface area contributed by atoms with Crippen LogP contribution in [0.25, 0.3) is 0 Å². The first-order valence-electron chi connectivity index (χ1n) is 12.6. The number of nitrogens with zero attached hydrogens (tertiary/aromatic N) is 2. The van der Waals surface area contributed by atoms with E-state index in [-0.39, 0.29) is 17.3 Å². The molecule has 0 aliphatic carbocycles. The number of rotatable bonds is 11. The summed E-state index contributed by atoms with van der Waals surface area (Å²) in [6.45, 7) is 7.24. The molecule has 0 fully saturated rings. The van der Waals surface area contributed by atoms with Crippen molar-refractivity contribution in [2.24, 2.45) is 0 Å². The lowest BCUT2D eigenvalue weighted by Crippen LogP contribution is -2.52. The third kappa shape index (κ3) is 7.53. The summed E-state index contributed by atoms with van der Waals surface area (Å²) in [4.78, 5) is 28.5. The molecule has 0 spiro atoms. The fraction of sp³-hybridized carbons (Fsp3) is 0.310. The van der Waals surface area contributed by atoms with Gasteiger partial charge in [0.15, 0.2) is 0 Å². The molecule has 1 atom stereocenters. The number of carbonyl (C=O) groups is 2. The van der Waals surface area contributed by atoms with Crippen LogP contribution in [0.4, 0.5) is 5.69 Å². The molecule has 39 heavy (non-hydrogen) atoms. The number of carbonyl (C=O) groups excluding carboxylic acids is 2. The van der Waals surface area contributed by atoms with Gasteiger partial charge in [-0.15, -0.1) is 0 Å². The van der Waals surface area contributed by atoms with Crippen LogP contribution in [0.1, 0.15) is 37.0 Å². The largest absolute Gasteiger partial charge is 0.355 e. The molecule has 0 heterocycles. The topological polar surface area (TPSA) is 86.8 Å². The van der Waals surface area contributed by atoms with E-state index in [0.717, 1.165) is 15.4 Å². The third-order valence-electron chi connectivity index (χ3n) is 6.25. The van der Waals surface area contributed by atoms with Crippen molar-refractivity contribution >= 4 is 50.7 Å². The highest BCUT2D eigenvalue weighted by atomic mass is 35.5. The van der Waals surface area contributed by atoms with Crippen molar-refractivity contribution in [1.29, 1.82) is 0 Å². The van der Waals surface area contributed by atoms with Gasteiger partial charge in [0.2, 0.25) is 11.8 Å². The average Bonchev–Trinajstić information content (AvgIpc) is 2.89. The molecule has 0 saturated heterocycles. The molecule has 0 aliphatic heterocycles. The predicted molar refractivity (Wildman–Crippen MR) is 157 cm³/mol. The zero-order chi connectivity index (χ0) is 28.7. The zero-order valence-corrected chi connectivity index (χ0v) is 24.8. The minimum atomic E-state index is -4.12. The van der Waals surface area contributed by atoms with E-state index in [9.17, 15) is 18.0 Å². The quantitative estimate of drug-likeness (QED) is 0.308. The Morgan fingerprint density at radius 2 is 1.59 bits per heavy atom. The molecule has 7 nitrogen and oxygen atoms in total. The molecule has 3 rings (SSSR count). The van der Waals surface area contributed by atoms with Crippen LogP contribution in [0.2, 0.25) is 10.0 Å². The minimum Gasteiger partial charge on any atom is -0.355 e. The number of hydrogen-bond acceptors (Lipinski definition) is 4. The molecule has 10 heteroatoms. The van der Waals surface area contributed by atoms with Crippen molar-refractivity contribution in [2.75, 3.05) is 17.4 Å². The fourth-order valence-corrected chi connectivity index (χ4v) is 5.92. The average molecular weight is 591 g/mol. The summed E-state index contributed by atoms with van der Waals surface area (Å²) in [6.07, 6.45) is 0.327. The number of halogens is 2. The lowest BCUT2D eigenvalue weighted by molar-refractivity contribution is -0.140. The summed E-state index contributed by atoms with van der Waals surface area (Å²) in [5.74, 6) is -0.853. The normalized spacial score (nSPS) is 12.1. The highest BCUT2D eigenvalue weighted by molar-refractivity contribution is 7.92. The zero-order valence-electron chi connectivity index (χ0n) is 22.4. The van der Waals surface area contributed by atoms with Crippen molar-refractivity contribution in [1.82, 2.24) is 10.2 Å². The van der Waals surface area contributed by atoms with Gasteiger partial charge in [-0.2, -0.15) is 0 Å². The first-order valence-corrected chi connectivity index (χ1v) is 14.8. The first kappa shape index (κ1) is 30.5. The molecule has 0 radical (unpaired) electrons. The SMILES string of the molecule is CCNC(=O)[C@H](CC)N(Cc1ccc(Cl)c(Cl)c1)C(=O)CN(c1cccc(C)c1)S(=O)(=O)c1ccc(C)cc1. The minimum absolute atomic E-state index is 0.0393. The lowest BCUT2D eigenvalue weighted by Gasteiger charge is -2.33. The standard InChI is InChI=1S/C29H33Cl2N3O4S/c1-5-27(29(36)32-6-2)33(18-22-12-15-25(30)26(31)17-22)28(35)19-34(23-9-7-8-21(4)16-23)39(37,38)24-13-10-20(3)11-14-24/h7-17,27H,5-6,18-19H2,1-4H3,(H,32,36)/t27-/m0/s1. The van der Waals surface area contributed by atoms with Crippen LogP contribution in [0.15, 0.2) is 71.6 Å². The van der Waals surface area contributed by atoms with E-state index in [2.05, 4.69) is 5.32 Å². The molecule has 208 valence electrons. The predicted octanol–water partition coefficient (Wildman–Crippen LogP) is 5.75. The number of sulfonamides is 1. The Labute approximate surface area is 240 Å². The van der Waals surface area contributed by atoms with E-state index >= 15 is 0 Å². The second-order valence-corrected chi connectivity index (χ2v) is 11.9. The Morgan fingerprint density at radius 1 is 0.897 bits per heavy atom. The van der Waals surface area contributed by atoms with Crippen molar-refractivity contribution in [3.63, 3.8) is 0 Å². The smallest absolute Gasteiger partial charge is 0.264 e. The Bertz CT molecular complexity index is 1430. The lowest BCUT2D eigenvalue weighted by atomic mass is 10.1. The number of nitrogens with one attached hydrogen (secondary N) is 1. The van der Waals surface area contributed by atoms with Gasteiger partial charge >= 0.3 is 0 Å². The fourth-order valence-electron chi connectivity index (χ4n) is 4.20. The summed E-state index contributed by atoms with van der Waals surface area (Å²) >= 11 is 12.3. The van der Waals surface area contributed by atoms with E-state index in [4.69, 9.17) is 23.2 Å². The molecule has 3 aromatic carbocycles. The number of anilines is 1. The van der Waals surface area contributed by atoms with Gasteiger partial charge in [0.1, 0.15) is 12.6 Å². The van der Waals surface area contributed by atoms with Crippen LogP contribution in [-0.2, 0) is 26.2 Å². The molecular weight excluding hydrogens is 557 g/mol. The number of benzene rings is 3. The second kappa shape index (κ2) is 13.3. The number of likely N-dealkylation sites (N-methyl/N-ethyl adjacent to an activating group) is 1. The van der Waals surface area contributed by atoms with Gasteiger partial charge in [-0.05, 0) is 74.7 Å². The van der Waals surface area contributed by atoms with Crippen LogP contribution in [0.5, 0.6) is 0 Å². The third-order valence-corrected chi connectivity index (χ3v) is 8.78.